The van der Waals surface area contributed by atoms with E-state index in [9.17, 15) is 9.59 Å². The van der Waals surface area contributed by atoms with Gasteiger partial charge in [-0.15, -0.1) is 0 Å². The molecule has 1 saturated heterocycles. The molecule has 138 valence electrons. The Hall–Kier alpha value is -2.02. The van der Waals surface area contributed by atoms with Crippen LogP contribution in [0.5, 0.6) is 0 Å². The molecular formula is C17H24ClN3O4. The van der Waals surface area contributed by atoms with Crippen LogP contribution >= 0.6 is 11.6 Å². The maximum absolute atomic E-state index is 12.1. The average molecular weight is 370 g/mol. The lowest BCUT2D eigenvalue weighted by atomic mass is 10.2. The van der Waals surface area contributed by atoms with E-state index in [2.05, 4.69) is 10.3 Å². The summed E-state index contributed by atoms with van der Waals surface area (Å²) >= 11 is 5.95. The number of hydrogen-bond acceptors (Lipinski definition) is 6. The Kier molecular flexibility index (Phi) is 6.11. The van der Waals surface area contributed by atoms with Gasteiger partial charge in [0.2, 0.25) is 0 Å². The average Bonchev–Trinajstić information content (AvgIpc) is 2.94. The fraction of sp³-hybridized carbons (Fsp3) is 0.588. The molecule has 2 rings (SSSR count). The normalized spacial score (nSPS) is 17.3. The molecule has 1 aliphatic heterocycles. The largest absolute Gasteiger partial charge is 0.462 e. The van der Waals surface area contributed by atoms with Gasteiger partial charge in [0.15, 0.2) is 0 Å². The lowest BCUT2D eigenvalue weighted by molar-refractivity contribution is 0.0293. The second-order valence-electron chi connectivity index (χ2n) is 6.83. The molecule has 1 amide bonds. The summed E-state index contributed by atoms with van der Waals surface area (Å²) in [4.78, 5) is 29.8. The highest BCUT2D eigenvalue weighted by molar-refractivity contribution is 6.29. The van der Waals surface area contributed by atoms with Crippen LogP contribution in [0.25, 0.3) is 0 Å². The molecule has 1 aliphatic rings. The summed E-state index contributed by atoms with van der Waals surface area (Å²) in [5.74, 6) is -0.462. The standard InChI is InChI=1S/C17H24ClN3O4/c1-5-24-15(22)12-9-19-14(18)8-13(12)20-11-6-7-21(10-11)16(23)25-17(2,3)4/h8-9,11H,5-7,10H2,1-4H3,(H,19,20)/t11-/m0/s1. The van der Waals surface area contributed by atoms with Crippen molar-refractivity contribution in [1.82, 2.24) is 9.88 Å². The second kappa shape index (κ2) is 7.91. The zero-order valence-electron chi connectivity index (χ0n) is 15.0. The smallest absolute Gasteiger partial charge is 0.410 e. The highest BCUT2D eigenvalue weighted by atomic mass is 35.5. The number of carbonyl (C=O) groups excluding carboxylic acids is 2. The Balaban J connectivity index is 2.05. The predicted molar refractivity (Wildman–Crippen MR) is 95.0 cm³/mol. The van der Waals surface area contributed by atoms with Crippen molar-refractivity contribution < 1.29 is 19.1 Å². The first-order valence-electron chi connectivity index (χ1n) is 8.26. The number of nitrogens with one attached hydrogen (secondary N) is 1. The van der Waals surface area contributed by atoms with Crippen molar-refractivity contribution in [3.05, 3.63) is 23.0 Å². The van der Waals surface area contributed by atoms with E-state index in [0.29, 0.717) is 24.3 Å². The first kappa shape index (κ1) is 19.3. The third kappa shape index (κ3) is 5.49. The topological polar surface area (TPSA) is 80.8 Å². The van der Waals surface area contributed by atoms with Crippen LogP contribution in [0.4, 0.5) is 10.5 Å². The zero-order chi connectivity index (χ0) is 18.6. The molecule has 1 atom stereocenters. The lowest BCUT2D eigenvalue weighted by Crippen LogP contribution is -2.36. The number of nitrogens with zero attached hydrogens (tertiary/aromatic N) is 2. The number of anilines is 1. The molecule has 0 aliphatic carbocycles. The van der Waals surface area contributed by atoms with Crippen molar-refractivity contribution in [1.29, 1.82) is 0 Å². The Morgan fingerprint density at radius 1 is 1.44 bits per heavy atom. The van der Waals surface area contributed by atoms with E-state index in [1.165, 1.54) is 6.20 Å². The number of halogens is 1. The van der Waals surface area contributed by atoms with E-state index in [-0.39, 0.29) is 23.9 Å². The minimum Gasteiger partial charge on any atom is -0.462 e. The van der Waals surface area contributed by atoms with Gasteiger partial charge in [0.25, 0.3) is 0 Å². The molecule has 8 heteroatoms. The summed E-state index contributed by atoms with van der Waals surface area (Å²) in [5, 5.41) is 3.54. The molecule has 0 spiro atoms. The third-order valence-corrected chi connectivity index (χ3v) is 3.77. The van der Waals surface area contributed by atoms with Gasteiger partial charge in [0, 0.05) is 25.3 Å². The van der Waals surface area contributed by atoms with Gasteiger partial charge in [0.05, 0.1) is 12.3 Å². The molecule has 1 N–H and O–H groups in total. The SMILES string of the molecule is CCOC(=O)c1cnc(Cl)cc1N[C@H]1CCN(C(=O)OC(C)(C)C)C1. The molecule has 2 heterocycles. The van der Waals surface area contributed by atoms with Gasteiger partial charge in [-0.3, -0.25) is 0 Å². The van der Waals surface area contributed by atoms with E-state index >= 15 is 0 Å². The van der Waals surface area contributed by atoms with Crippen molar-refractivity contribution in [2.75, 3.05) is 25.0 Å². The van der Waals surface area contributed by atoms with E-state index in [1.54, 1.807) is 17.9 Å². The van der Waals surface area contributed by atoms with Gasteiger partial charge in [-0.2, -0.15) is 0 Å². The number of aromatic nitrogens is 1. The van der Waals surface area contributed by atoms with Gasteiger partial charge in [-0.25, -0.2) is 14.6 Å². The van der Waals surface area contributed by atoms with Crippen LogP contribution < -0.4 is 5.32 Å². The van der Waals surface area contributed by atoms with Crippen molar-refractivity contribution in [3.63, 3.8) is 0 Å². The molecule has 0 unspecified atom stereocenters. The van der Waals surface area contributed by atoms with Gasteiger partial charge in [-0.1, -0.05) is 11.6 Å². The van der Waals surface area contributed by atoms with Crippen LogP contribution in [0.2, 0.25) is 5.15 Å². The molecule has 25 heavy (non-hydrogen) atoms. The number of amides is 1. The van der Waals surface area contributed by atoms with Crippen LogP contribution in [-0.4, -0.2) is 53.3 Å². The number of pyridine rings is 1. The van der Waals surface area contributed by atoms with Gasteiger partial charge >= 0.3 is 12.1 Å². The molecule has 0 bridgehead atoms. The fourth-order valence-electron chi connectivity index (χ4n) is 2.51. The Labute approximate surface area is 152 Å². The van der Waals surface area contributed by atoms with Crippen LogP contribution in [0, 0.1) is 0 Å². The summed E-state index contributed by atoms with van der Waals surface area (Å²) in [7, 11) is 0. The number of rotatable bonds is 4. The van der Waals surface area contributed by atoms with Crippen LogP contribution in [0.3, 0.4) is 0 Å². The third-order valence-electron chi connectivity index (χ3n) is 3.57. The van der Waals surface area contributed by atoms with Gasteiger partial charge in [-0.05, 0) is 40.2 Å². The molecular weight excluding hydrogens is 346 g/mol. The van der Waals surface area contributed by atoms with Gasteiger partial charge in [0.1, 0.15) is 16.3 Å². The van der Waals surface area contributed by atoms with Crippen LogP contribution in [0.15, 0.2) is 12.3 Å². The number of likely N-dealkylation sites (tertiary alicyclic amines) is 1. The Bertz CT molecular complexity index is 645. The van der Waals surface area contributed by atoms with Crippen molar-refractivity contribution in [2.45, 2.75) is 45.8 Å². The van der Waals surface area contributed by atoms with Crippen molar-refractivity contribution >= 4 is 29.4 Å². The maximum atomic E-state index is 12.1. The molecule has 1 fully saturated rings. The van der Waals surface area contributed by atoms with E-state index in [1.807, 2.05) is 20.8 Å². The van der Waals surface area contributed by atoms with E-state index in [0.717, 1.165) is 6.42 Å². The zero-order valence-corrected chi connectivity index (χ0v) is 15.7. The van der Waals surface area contributed by atoms with E-state index < -0.39 is 11.6 Å². The Morgan fingerprint density at radius 3 is 2.80 bits per heavy atom. The molecule has 0 radical (unpaired) electrons. The first-order chi connectivity index (χ1) is 11.7. The van der Waals surface area contributed by atoms with Crippen LogP contribution in [0.1, 0.15) is 44.5 Å². The molecule has 1 aromatic heterocycles. The minimum atomic E-state index is -0.529. The predicted octanol–water partition coefficient (Wildman–Crippen LogP) is 3.33. The maximum Gasteiger partial charge on any atom is 0.410 e. The van der Waals surface area contributed by atoms with Crippen molar-refractivity contribution in [2.24, 2.45) is 0 Å². The first-order valence-corrected chi connectivity index (χ1v) is 8.64. The quantitative estimate of drug-likeness (QED) is 0.647. The summed E-state index contributed by atoms with van der Waals surface area (Å²) in [6.45, 7) is 8.59. The summed E-state index contributed by atoms with van der Waals surface area (Å²) < 4.78 is 10.4. The van der Waals surface area contributed by atoms with Crippen molar-refractivity contribution in [3.8, 4) is 0 Å². The second-order valence-corrected chi connectivity index (χ2v) is 7.22. The number of hydrogen-bond donors (Lipinski definition) is 1. The van der Waals surface area contributed by atoms with E-state index in [4.69, 9.17) is 21.1 Å². The number of carbonyl (C=O) groups is 2. The lowest BCUT2D eigenvalue weighted by Gasteiger charge is -2.24. The summed E-state index contributed by atoms with van der Waals surface area (Å²) in [6, 6.07) is 1.57. The van der Waals surface area contributed by atoms with Gasteiger partial charge < -0.3 is 19.7 Å². The highest BCUT2D eigenvalue weighted by Crippen LogP contribution is 2.24. The summed E-state index contributed by atoms with van der Waals surface area (Å²) in [6.07, 6.45) is 1.79. The molecule has 7 nitrogen and oxygen atoms in total. The molecule has 0 saturated carbocycles. The Morgan fingerprint density at radius 2 is 2.16 bits per heavy atom. The highest BCUT2D eigenvalue weighted by Gasteiger charge is 2.30. The minimum absolute atomic E-state index is 0.0147. The molecule has 1 aromatic rings. The number of ether oxygens (including phenoxy) is 2. The summed E-state index contributed by atoms with van der Waals surface area (Å²) in [5.41, 5.74) is 0.342. The monoisotopic (exact) mass is 369 g/mol. The fourth-order valence-corrected chi connectivity index (χ4v) is 2.67. The van der Waals surface area contributed by atoms with Crippen LogP contribution in [-0.2, 0) is 9.47 Å². The number of esters is 1. The molecule has 0 aromatic carbocycles.